The lowest BCUT2D eigenvalue weighted by Gasteiger charge is -2.18. The lowest BCUT2D eigenvalue weighted by Crippen LogP contribution is -2.27. The van der Waals surface area contributed by atoms with E-state index in [1.807, 2.05) is 12.1 Å². The van der Waals surface area contributed by atoms with Gasteiger partial charge in [-0.1, -0.05) is 13.8 Å². The smallest absolute Gasteiger partial charge is 0.142 e. The molecule has 0 saturated heterocycles. The number of hydrogen-bond acceptors (Lipinski definition) is 4. The Bertz CT molecular complexity index is 338. The molecule has 0 unspecified atom stereocenters. The zero-order valence-corrected chi connectivity index (χ0v) is 10.9. The molecule has 2 N–H and O–H groups in total. The van der Waals surface area contributed by atoms with E-state index >= 15 is 0 Å². The van der Waals surface area contributed by atoms with Crippen molar-refractivity contribution in [2.24, 2.45) is 0 Å². The second kappa shape index (κ2) is 7.01. The fourth-order valence-corrected chi connectivity index (χ4v) is 1.63. The van der Waals surface area contributed by atoms with Crippen LogP contribution in [0.15, 0.2) is 18.2 Å². The number of nitrogen functional groups attached to an aromatic ring is 1. The summed E-state index contributed by atoms with van der Waals surface area (Å²) in [6.45, 7) is 7.99. The summed E-state index contributed by atoms with van der Waals surface area (Å²) in [5.74, 6) is 1.47. The minimum absolute atomic E-state index is 0.604. The second-order valence-corrected chi connectivity index (χ2v) is 3.78. The van der Waals surface area contributed by atoms with Crippen LogP contribution >= 0.6 is 0 Å². The highest BCUT2D eigenvalue weighted by Crippen LogP contribution is 2.25. The van der Waals surface area contributed by atoms with Gasteiger partial charge < -0.3 is 20.1 Å². The van der Waals surface area contributed by atoms with Gasteiger partial charge in [-0.3, -0.25) is 0 Å². The summed E-state index contributed by atoms with van der Waals surface area (Å²) < 4.78 is 10.7. The van der Waals surface area contributed by atoms with Gasteiger partial charge in [0.2, 0.25) is 0 Å². The van der Waals surface area contributed by atoms with Crippen LogP contribution in [-0.2, 0) is 0 Å². The molecule has 1 aromatic carbocycles. The van der Waals surface area contributed by atoms with E-state index < -0.39 is 0 Å². The second-order valence-electron chi connectivity index (χ2n) is 3.78. The molecule has 0 radical (unpaired) electrons. The SMILES string of the molecule is CCN(CC)CCOc1ccc(OC)c(N)c1. The average molecular weight is 238 g/mol. The van der Waals surface area contributed by atoms with Crippen LogP contribution in [0.25, 0.3) is 0 Å². The Morgan fingerprint density at radius 3 is 2.47 bits per heavy atom. The van der Waals surface area contributed by atoms with Crippen molar-refractivity contribution in [3.8, 4) is 11.5 Å². The number of benzene rings is 1. The van der Waals surface area contributed by atoms with E-state index in [1.165, 1.54) is 0 Å². The Labute approximate surface area is 103 Å². The third-order valence-corrected chi connectivity index (χ3v) is 2.77. The summed E-state index contributed by atoms with van der Waals surface area (Å²) in [5, 5.41) is 0. The molecule has 0 bridgehead atoms. The first-order valence-electron chi connectivity index (χ1n) is 5.99. The molecule has 0 atom stereocenters. The maximum absolute atomic E-state index is 5.80. The van der Waals surface area contributed by atoms with Crippen LogP contribution in [-0.4, -0.2) is 38.3 Å². The molecule has 0 aliphatic rings. The maximum atomic E-state index is 5.80. The van der Waals surface area contributed by atoms with E-state index in [-0.39, 0.29) is 0 Å². The van der Waals surface area contributed by atoms with Gasteiger partial charge in [-0.25, -0.2) is 0 Å². The van der Waals surface area contributed by atoms with Gasteiger partial charge in [0.25, 0.3) is 0 Å². The molecule has 0 heterocycles. The number of rotatable bonds is 7. The molecule has 1 aromatic rings. The van der Waals surface area contributed by atoms with Crippen LogP contribution in [0, 0.1) is 0 Å². The molecule has 0 aliphatic carbocycles. The molecule has 4 nitrogen and oxygen atoms in total. The molecule has 17 heavy (non-hydrogen) atoms. The summed E-state index contributed by atoms with van der Waals surface area (Å²) in [5.41, 5.74) is 6.40. The van der Waals surface area contributed by atoms with Gasteiger partial charge >= 0.3 is 0 Å². The highest BCUT2D eigenvalue weighted by atomic mass is 16.5. The summed E-state index contributed by atoms with van der Waals surface area (Å²) in [7, 11) is 1.60. The monoisotopic (exact) mass is 238 g/mol. The van der Waals surface area contributed by atoms with Crippen molar-refractivity contribution in [2.45, 2.75) is 13.8 Å². The van der Waals surface area contributed by atoms with Crippen molar-refractivity contribution < 1.29 is 9.47 Å². The molecule has 0 amide bonds. The quantitative estimate of drug-likeness (QED) is 0.738. The van der Waals surface area contributed by atoms with Gasteiger partial charge in [0.05, 0.1) is 12.8 Å². The largest absolute Gasteiger partial charge is 0.495 e. The first-order valence-corrected chi connectivity index (χ1v) is 5.99. The van der Waals surface area contributed by atoms with Crippen LogP contribution in [0.5, 0.6) is 11.5 Å². The summed E-state index contributed by atoms with van der Waals surface area (Å²) in [6.07, 6.45) is 0. The number of methoxy groups -OCH3 is 1. The van der Waals surface area contributed by atoms with Crippen LogP contribution in [0.2, 0.25) is 0 Å². The van der Waals surface area contributed by atoms with Crippen molar-refractivity contribution in [3.05, 3.63) is 18.2 Å². The highest BCUT2D eigenvalue weighted by Gasteiger charge is 2.02. The number of nitrogens with two attached hydrogens (primary N) is 1. The normalized spacial score (nSPS) is 10.6. The first-order chi connectivity index (χ1) is 8.21. The topological polar surface area (TPSA) is 47.7 Å². The van der Waals surface area contributed by atoms with Gasteiger partial charge in [0.15, 0.2) is 0 Å². The summed E-state index contributed by atoms with van der Waals surface area (Å²) >= 11 is 0. The van der Waals surface area contributed by atoms with Gasteiger partial charge in [0, 0.05) is 12.6 Å². The molecule has 0 aliphatic heterocycles. The molecular formula is C13H22N2O2. The number of anilines is 1. The van der Waals surface area contributed by atoms with E-state index in [0.29, 0.717) is 18.0 Å². The number of ether oxygens (including phenoxy) is 2. The lowest BCUT2D eigenvalue weighted by molar-refractivity contribution is 0.223. The first kappa shape index (κ1) is 13.6. The molecular weight excluding hydrogens is 216 g/mol. The van der Waals surface area contributed by atoms with Crippen LogP contribution in [0.1, 0.15) is 13.8 Å². The Hall–Kier alpha value is -1.42. The Morgan fingerprint density at radius 1 is 1.24 bits per heavy atom. The van der Waals surface area contributed by atoms with E-state index in [9.17, 15) is 0 Å². The fraction of sp³-hybridized carbons (Fsp3) is 0.538. The van der Waals surface area contributed by atoms with E-state index in [2.05, 4.69) is 18.7 Å². The van der Waals surface area contributed by atoms with Crippen molar-refractivity contribution in [1.82, 2.24) is 4.90 Å². The third kappa shape index (κ3) is 4.15. The van der Waals surface area contributed by atoms with Gasteiger partial charge in [-0.15, -0.1) is 0 Å². The van der Waals surface area contributed by atoms with Crippen molar-refractivity contribution >= 4 is 5.69 Å². The summed E-state index contributed by atoms with van der Waals surface area (Å²) in [6, 6.07) is 5.49. The zero-order chi connectivity index (χ0) is 12.7. The Morgan fingerprint density at radius 2 is 1.94 bits per heavy atom. The summed E-state index contributed by atoms with van der Waals surface area (Å²) in [4.78, 5) is 2.31. The molecule has 4 heteroatoms. The Balaban J connectivity index is 2.44. The van der Waals surface area contributed by atoms with Crippen LogP contribution in [0.4, 0.5) is 5.69 Å². The molecule has 0 aromatic heterocycles. The van der Waals surface area contributed by atoms with Gasteiger partial charge in [-0.2, -0.15) is 0 Å². The van der Waals surface area contributed by atoms with Gasteiger partial charge in [0.1, 0.15) is 18.1 Å². The van der Waals surface area contributed by atoms with E-state index in [0.717, 1.165) is 25.4 Å². The van der Waals surface area contributed by atoms with E-state index in [1.54, 1.807) is 13.2 Å². The van der Waals surface area contributed by atoms with Crippen LogP contribution in [0.3, 0.4) is 0 Å². The van der Waals surface area contributed by atoms with Crippen molar-refractivity contribution in [3.63, 3.8) is 0 Å². The number of likely N-dealkylation sites (N-methyl/N-ethyl adjacent to an activating group) is 1. The minimum Gasteiger partial charge on any atom is -0.495 e. The molecule has 0 spiro atoms. The van der Waals surface area contributed by atoms with Crippen LogP contribution < -0.4 is 15.2 Å². The molecule has 1 rings (SSSR count). The highest BCUT2D eigenvalue weighted by molar-refractivity contribution is 5.56. The number of hydrogen-bond donors (Lipinski definition) is 1. The van der Waals surface area contributed by atoms with E-state index in [4.69, 9.17) is 15.2 Å². The minimum atomic E-state index is 0.604. The maximum Gasteiger partial charge on any atom is 0.142 e. The predicted molar refractivity (Wildman–Crippen MR) is 70.7 cm³/mol. The standard InChI is InChI=1S/C13H22N2O2/c1-4-15(5-2)8-9-17-11-6-7-13(16-3)12(14)10-11/h6-7,10H,4-5,8-9,14H2,1-3H3. The lowest BCUT2D eigenvalue weighted by atomic mass is 10.3. The Kier molecular flexibility index (Phi) is 5.63. The molecule has 96 valence electrons. The fourth-order valence-electron chi connectivity index (χ4n) is 1.63. The van der Waals surface area contributed by atoms with Gasteiger partial charge in [-0.05, 0) is 25.2 Å². The van der Waals surface area contributed by atoms with Crippen molar-refractivity contribution in [1.29, 1.82) is 0 Å². The zero-order valence-electron chi connectivity index (χ0n) is 10.9. The molecule has 0 saturated carbocycles. The number of nitrogens with zero attached hydrogens (tertiary/aromatic N) is 1. The van der Waals surface area contributed by atoms with Crippen molar-refractivity contribution in [2.75, 3.05) is 39.1 Å². The molecule has 0 fully saturated rings. The third-order valence-electron chi connectivity index (χ3n) is 2.77. The average Bonchev–Trinajstić information content (AvgIpc) is 2.35. The predicted octanol–water partition coefficient (Wildman–Crippen LogP) is 2.00.